The van der Waals surface area contributed by atoms with E-state index in [0.717, 1.165) is 38.0 Å². The summed E-state index contributed by atoms with van der Waals surface area (Å²) in [5, 5.41) is 2.91. The smallest absolute Gasteiger partial charge is 0.306 e. The van der Waals surface area contributed by atoms with Crippen LogP contribution >= 0.6 is 11.8 Å². The van der Waals surface area contributed by atoms with E-state index in [-0.39, 0.29) is 23.4 Å². The minimum absolute atomic E-state index is 0.0550. The summed E-state index contributed by atoms with van der Waals surface area (Å²) in [5.41, 5.74) is 0.0899. The fourth-order valence-electron chi connectivity index (χ4n) is 2.37. The highest BCUT2D eigenvalue weighted by Crippen LogP contribution is 2.51. The zero-order chi connectivity index (χ0) is 14.4. The Bertz CT molecular complexity index is 351. The van der Waals surface area contributed by atoms with Crippen molar-refractivity contribution in [3.05, 3.63) is 0 Å². The number of hydrogen-bond acceptors (Lipinski definition) is 5. The van der Waals surface area contributed by atoms with E-state index in [0.29, 0.717) is 18.7 Å². The van der Waals surface area contributed by atoms with Crippen molar-refractivity contribution in [2.45, 2.75) is 38.2 Å². The van der Waals surface area contributed by atoms with Crippen LogP contribution in [0.5, 0.6) is 0 Å². The van der Waals surface area contributed by atoms with Crippen molar-refractivity contribution in [3.63, 3.8) is 0 Å². The summed E-state index contributed by atoms with van der Waals surface area (Å²) in [6, 6.07) is 0. The molecule has 114 valence electrons. The number of hydrogen-bond donors (Lipinski definition) is 1. The fraction of sp³-hybridized carbons (Fsp3) is 0.857. The lowest BCUT2D eigenvalue weighted by atomic mass is 10.1. The molecule has 0 aromatic rings. The summed E-state index contributed by atoms with van der Waals surface area (Å²) in [6.45, 7) is 1.43. The van der Waals surface area contributed by atoms with Crippen LogP contribution < -0.4 is 5.32 Å². The van der Waals surface area contributed by atoms with Gasteiger partial charge in [-0.25, -0.2) is 0 Å². The summed E-state index contributed by atoms with van der Waals surface area (Å²) >= 11 is 1.61. The van der Waals surface area contributed by atoms with E-state index in [9.17, 15) is 9.59 Å². The summed E-state index contributed by atoms with van der Waals surface area (Å²) < 4.78 is 10.2. The van der Waals surface area contributed by atoms with Crippen LogP contribution in [0.2, 0.25) is 0 Å². The van der Waals surface area contributed by atoms with Gasteiger partial charge < -0.3 is 14.8 Å². The number of rotatable bonds is 8. The first kappa shape index (κ1) is 15.6. The summed E-state index contributed by atoms with van der Waals surface area (Å²) in [6.07, 6.45) is 4.92. The molecule has 0 aromatic heterocycles. The normalized spacial score (nSPS) is 23.4. The fourth-order valence-corrected chi connectivity index (χ4v) is 3.58. The molecule has 0 spiro atoms. The van der Waals surface area contributed by atoms with Gasteiger partial charge in [0.2, 0.25) is 5.91 Å². The molecule has 1 atom stereocenters. The average molecular weight is 301 g/mol. The summed E-state index contributed by atoms with van der Waals surface area (Å²) in [4.78, 5) is 23.0. The van der Waals surface area contributed by atoms with Crippen LogP contribution in [-0.2, 0) is 19.1 Å². The number of carbonyl (C=O) groups is 2. The van der Waals surface area contributed by atoms with Gasteiger partial charge in [0.1, 0.15) is 0 Å². The van der Waals surface area contributed by atoms with Gasteiger partial charge in [-0.3, -0.25) is 9.59 Å². The topological polar surface area (TPSA) is 64.6 Å². The molecule has 1 saturated heterocycles. The quantitative estimate of drug-likeness (QED) is 0.686. The Morgan fingerprint density at radius 2 is 2.25 bits per heavy atom. The highest BCUT2D eigenvalue weighted by molar-refractivity contribution is 7.99. The van der Waals surface area contributed by atoms with Crippen molar-refractivity contribution < 1.29 is 19.1 Å². The van der Waals surface area contributed by atoms with Crippen molar-refractivity contribution in [3.8, 4) is 0 Å². The predicted molar refractivity (Wildman–Crippen MR) is 77.6 cm³/mol. The molecule has 1 amide bonds. The van der Waals surface area contributed by atoms with E-state index in [2.05, 4.69) is 5.32 Å². The van der Waals surface area contributed by atoms with Crippen molar-refractivity contribution in [2.24, 2.45) is 5.41 Å². The van der Waals surface area contributed by atoms with Gasteiger partial charge in [0, 0.05) is 13.2 Å². The Hall–Kier alpha value is -0.750. The molecule has 1 N–H and O–H groups in total. The van der Waals surface area contributed by atoms with Gasteiger partial charge in [-0.05, 0) is 36.9 Å². The Kier molecular flexibility index (Phi) is 5.72. The van der Waals surface area contributed by atoms with Crippen molar-refractivity contribution in [2.75, 3.05) is 31.8 Å². The van der Waals surface area contributed by atoms with Crippen LogP contribution in [0.1, 0.15) is 32.1 Å². The maximum Gasteiger partial charge on any atom is 0.306 e. The van der Waals surface area contributed by atoms with E-state index >= 15 is 0 Å². The van der Waals surface area contributed by atoms with E-state index in [1.165, 1.54) is 7.11 Å². The Morgan fingerprint density at radius 3 is 2.85 bits per heavy atom. The molecule has 2 aliphatic rings. The minimum atomic E-state index is -0.147. The molecule has 0 bridgehead atoms. The molecular formula is C14H23NO4S. The van der Waals surface area contributed by atoms with Crippen LogP contribution in [0, 0.1) is 5.41 Å². The lowest BCUT2D eigenvalue weighted by Gasteiger charge is -2.14. The van der Waals surface area contributed by atoms with E-state index in [4.69, 9.17) is 9.47 Å². The molecule has 1 aliphatic carbocycles. The lowest BCUT2D eigenvalue weighted by molar-refractivity contribution is -0.141. The van der Waals surface area contributed by atoms with Crippen LogP contribution in [0.25, 0.3) is 0 Å². The zero-order valence-electron chi connectivity index (χ0n) is 12.0. The molecule has 1 saturated carbocycles. The Balaban J connectivity index is 1.56. The standard InChI is InChI=1S/C14H23NO4S/c1-18-13(17)7-14(4-5-14)10-20-9-12(16)15-8-11-3-2-6-19-11/h11H,2-10H2,1H3,(H,15,16). The third kappa shape index (κ3) is 4.98. The number of esters is 1. The van der Waals surface area contributed by atoms with E-state index in [1.54, 1.807) is 11.8 Å². The number of carbonyl (C=O) groups excluding carboxylic acids is 2. The number of thioether (sulfide) groups is 1. The van der Waals surface area contributed by atoms with Crippen molar-refractivity contribution >= 4 is 23.6 Å². The second-order valence-electron chi connectivity index (χ2n) is 5.68. The molecule has 1 aliphatic heterocycles. The number of nitrogens with one attached hydrogen (secondary N) is 1. The largest absolute Gasteiger partial charge is 0.469 e. The minimum Gasteiger partial charge on any atom is -0.469 e. The number of ether oxygens (including phenoxy) is 2. The predicted octanol–water partition coefficient (Wildman–Crippen LogP) is 1.36. The second-order valence-corrected chi connectivity index (χ2v) is 6.67. The van der Waals surface area contributed by atoms with Gasteiger partial charge >= 0.3 is 5.97 Å². The maximum atomic E-state index is 11.7. The van der Waals surface area contributed by atoms with Gasteiger partial charge in [0.05, 0.1) is 25.4 Å². The van der Waals surface area contributed by atoms with Gasteiger partial charge in [0.25, 0.3) is 0 Å². The summed E-state index contributed by atoms with van der Waals surface area (Å²) in [7, 11) is 1.42. The highest BCUT2D eigenvalue weighted by Gasteiger charge is 2.44. The van der Waals surface area contributed by atoms with Gasteiger partial charge in [0.15, 0.2) is 0 Å². The molecule has 5 nitrogen and oxygen atoms in total. The molecule has 2 rings (SSSR count). The molecule has 1 heterocycles. The molecule has 1 unspecified atom stereocenters. The number of methoxy groups -OCH3 is 1. The Labute approximate surface area is 124 Å². The third-order valence-corrected chi connectivity index (χ3v) is 5.18. The molecule has 2 fully saturated rings. The summed E-state index contributed by atoms with van der Waals surface area (Å²) in [5.74, 6) is 1.22. The number of amides is 1. The Morgan fingerprint density at radius 1 is 1.45 bits per heavy atom. The van der Waals surface area contributed by atoms with Crippen LogP contribution in [0.4, 0.5) is 0 Å². The van der Waals surface area contributed by atoms with Crippen LogP contribution in [0.3, 0.4) is 0 Å². The molecular weight excluding hydrogens is 278 g/mol. The first-order valence-electron chi connectivity index (χ1n) is 7.16. The SMILES string of the molecule is COC(=O)CC1(CSCC(=O)NCC2CCCO2)CC1. The molecule has 6 heteroatoms. The monoisotopic (exact) mass is 301 g/mol. The van der Waals surface area contributed by atoms with Crippen LogP contribution in [-0.4, -0.2) is 49.7 Å². The molecule has 0 radical (unpaired) electrons. The van der Waals surface area contributed by atoms with Crippen molar-refractivity contribution in [1.29, 1.82) is 0 Å². The third-order valence-electron chi connectivity index (χ3n) is 3.90. The van der Waals surface area contributed by atoms with Crippen molar-refractivity contribution in [1.82, 2.24) is 5.32 Å². The van der Waals surface area contributed by atoms with Gasteiger partial charge in [-0.15, -0.1) is 0 Å². The first-order valence-corrected chi connectivity index (χ1v) is 8.32. The second kappa shape index (κ2) is 7.31. The van der Waals surface area contributed by atoms with E-state index < -0.39 is 0 Å². The molecule has 20 heavy (non-hydrogen) atoms. The first-order chi connectivity index (χ1) is 9.63. The van der Waals surface area contributed by atoms with Gasteiger partial charge in [-0.2, -0.15) is 11.8 Å². The lowest BCUT2D eigenvalue weighted by Crippen LogP contribution is -2.33. The zero-order valence-corrected chi connectivity index (χ0v) is 12.8. The van der Waals surface area contributed by atoms with Crippen LogP contribution in [0.15, 0.2) is 0 Å². The maximum absolute atomic E-state index is 11.7. The highest BCUT2D eigenvalue weighted by atomic mass is 32.2. The van der Waals surface area contributed by atoms with Gasteiger partial charge in [-0.1, -0.05) is 0 Å². The average Bonchev–Trinajstić information content (AvgIpc) is 3.00. The molecule has 0 aromatic carbocycles. The van der Waals surface area contributed by atoms with E-state index in [1.807, 2.05) is 0 Å².